The number of aliphatic hydroxyl groups excluding tert-OH is 1. The third kappa shape index (κ3) is 1.46. The Kier molecular flexibility index (Phi) is 2.17. The molecule has 1 unspecified atom stereocenters. The van der Waals surface area contributed by atoms with Gasteiger partial charge < -0.3 is 10.2 Å². The first-order valence-electron chi connectivity index (χ1n) is 4.41. The Morgan fingerprint density at radius 3 is 2.67 bits per heavy atom. The second-order valence-electron chi connectivity index (χ2n) is 3.29. The lowest BCUT2D eigenvalue weighted by molar-refractivity contribution is -0.139. The van der Waals surface area contributed by atoms with Crippen molar-refractivity contribution < 1.29 is 19.8 Å². The number of amides is 1. The van der Waals surface area contributed by atoms with Gasteiger partial charge in [0, 0.05) is 11.1 Å². The molecule has 0 radical (unpaired) electrons. The zero-order chi connectivity index (χ0) is 11.0. The summed E-state index contributed by atoms with van der Waals surface area (Å²) in [7, 11) is 0. The van der Waals surface area contributed by atoms with Crippen molar-refractivity contribution in [2.45, 2.75) is 6.23 Å². The van der Waals surface area contributed by atoms with Gasteiger partial charge in [-0.15, -0.1) is 0 Å². The van der Waals surface area contributed by atoms with Crippen LogP contribution in [0.15, 0.2) is 24.3 Å². The highest BCUT2D eigenvalue weighted by molar-refractivity contribution is 6.00. The Hall–Kier alpha value is -1.88. The molecule has 0 bridgehead atoms. The smallest absolute Gasteiger partial charge is 0.323 e. The highest BCUT2D eigenvalue weighted by Gasteiger charge is 2.35. The van der Waals surface area contributed by atoms with E-state index in [4.69, 9.17) is 5.11 Å². The molecule has 2 N–H and O–H groups in total. The monoisotopic (exact) mass is 207 g/mol. The van der Waals surface area contributed by atoms with Crippen LogP contribution in [0.3, 0.4) is 0 Å². The second kappa shape index (κ2) is 3.36. The Morgan fingerprint density at radius 1 is 1.40 bits per heavy atom. The second-order valence-corrected chi connectivity index (χ2v) is 3.29. The SMILES string of the molecule is O=C(O)CN1C(=O)c2ccccc2C1O. The van der Waals surface area contributed by atoms with Crippen molar-refractivity contribution in [2.24, 2.45) is 0 Å². The standard InChI is InChI=1S/C10H9NO4/c12-8(13)5-11-9(14)6-3-1-2-4-7(6)10(11)15/h1-4,9,14H,5H2,(H,12,13). The van der Waals surface area contributed by atoms with Crippen LogP contribution in [0.25, 0.3) is 0 Å². The third-order valence-corrected chi connectivity index (χ3v) is 2.33. The number of carboxylic acid groups (broad SMARTS) is 1. The molecule has 1 amide bonds. The Balaban J connectivity index is 2.36. The minimum Gasteiger partial charge on any atom is -0.480 e. The molecule has 5 heteroatoms. The van der Waals surface area contributed by atoms with Crippen molar-refractivity contribution in [1.29, 1.82) is 0 Å². The number of aliphatic hydroxyl groups is 1. The van der Waals surface area contributed by atoms with Gasteiger partial charge in [-0.05, 0) is 6.07 Å². The summed E-state index contributed by atoms with van der Waals surface area (Å²) < 4.78 is 0. The predicted molar refractivity (Wildman–Crippen MR) is 50.1 cm³/mol. The number of carboxylic acids is 1. The van der Waals surface area contributed by atoms with Gasteiger partial charge in [0.1, 0.15) is 6.54 Å². The molecule has 0 aliphatic carbocycles. The number of hydrogen-bond acceptors (Lipinski definition) is 3. The highest BCUT2D eigenvalue weighted by atomic mass is 16.4. The molecule has 0 spiro atoms. The zero-order valence-electron chi connectivity index (χ0n) is 7.75. The number of aliphatic carboxylic acids is 1. The third-order valence-electron chi connectivity index (χ3n) is 2.33. The van der Waals surface area contributed by atoms with E-state index in [0.29, 0.717) is 11.1 Å². The molecule has 0 saturated heterocycles. The van der Waals surface area contributed by atoms with Gasteiger partial charge in [0.15, 0.2) is 6.23 Å². The molecule has 1 heterocycles. The molecule has 0 aromatic heterocycles. The summed E-state index contributed by atoms with van der Waals surface area (Å²) in [6.45, 7) is -0.491. The minimum absolute atomic E-state index is 0.367. The van der Waals surface area contributed by atoms with Crippen molar-refractivity contribution >= 4 is 11.9 Å². The molecule has 1 aromatic carbocycles. The van der Waals surface area contributed by atoms with Gasteiger partial charge in [-0.2, -0.15) is 0 Å². The predicted octanol–water partition coefficient (Wildman–Crippen LogP) is 0.218. The molecule has 1 aliphatic heterocycles. The van der Waals surface area contributed by atoms with Gasteiger partial charge in [0.05, 0.1) is 0 Å². The van der Waals surface area contributed by atoms with Gasteiger partial charge in [0.2, 0.25) is 0 Å². The first-order chi connectivity index (χ1) is 7.11. The minimum atomic E-state index is -1.15. The van der Waals surface area contributed by atoms with Crippen LogP contribution >= 0.6 is 0 Å². The Morgan fingerprint density at radius 2 is 2.07 bits per heavy atom. The Bertz CT molecular complexity index is 429. The van der Waals surface area contributed by atoms with Crippen LogP contribution in [-0.2, 0) is 4.79 Å². The van der Waals surface area contributed by atoms with Crippen LogP contribution in [0.5, 0.6) is 0 Å². The Labute approximate surface area is 85.6 Å². The van der Waals surface area contributed by atoms with Gasteiger partial charge in [0.25, 0.3) is 5.91 Å². The van der Waals surface area contributed by atoms with Gasteiger partial charge >= 0.3 is 5.97 Å². The number of nitrogens with zero attached hydrogens (tertiary/aromatic N) is 1. The fourth-order valence-corrected chi connectivity index (χ4v) is 1.65. The summed E-state index contributed by atoms with van der Waals surface area (Å²) in [5.74, 6) is -1.59. The summed E-state index contributed by atoms with van der Waals surface area (Å²) in [5.41, 5.74) is 0.829. The summed E-state index contributed by atoms with van der Waals surface area (Å²) in [6, 6.07) is 6.55. The van der Waals surface area contributed by atoms with Gasteiger partial charge in [-0.3, -0.25) is 14.5 Å². The van der Waals surface area contributed by atoms with Gasteiger partial charge in [-0.1, -0.05) is 18.2 Å². The number of carbonyl (C=O) groups is 2. The topological polar surface area (TPSA) is 77.8 Å². The van der Waals surface area contributed by atoms with Crippen molar-refractivity contribution in [3.05, 3.63) is 35.4 Å². The van der Waals surface area contributed by atoms with Crippen molar-refractivity contribution in [3.8, 4) is 0 Å². The van der Waals surface area contributed by atoms with E-state index in [1.165, 1.54) is 0 Å². The molecular formula is C10H9NO4. The largest absolute Gasteiger partial charge is 0.480 e. The van der Waals surface area contributed by atoms with Crippen molar-refractivity contribution in [2.75, 3.05) is 6.54 Å². The first-order valence-corrected chi connectivity index (χ1v) is 4.41. The van der Waals surface area contributed by atoms with E-state index < -0.39 is 24.6 Å². The van der Waals surface area contributed by atoms with Crippen LogP contribution in [0, 0.1) is 0 Å². The lowest BCUT2D eigenvalue weighted by Gasteiger charge is -2.17. The molecule has 1 aliphatic rings. The molecule has 0 fully saturated rings. The quantitative estimate of drug-likeness (QED) is 0.727. The fraction of sp³-hybridized carbons (Fsp3) is 0.200. The summed E-state index contributed by atoms with van der Waals surface area (Å²) >= 11 is 0. The van der Waals surface area contributed by atoms with Crippen LogP contribution in [0.2, 0.25) is 0 Å². The number of carbonyl (C=O) groups excluding carboxylic acids is 1. The number of rotatable bonds is 2. The number of fused-ring (bicyclic) bond motifs is 1. The van der Waals surface area contributed by atoms with E-state index in [9.17, 15) is 14.7 Å². The lowest BCUT2D eigenvalue weighted by atomic mass is 10.1. The zero-order valence-corrected chi connectivity index (χ0v) is 7.75. The average Bonchev–Trinajstić information content (AvgIpc) is 2.44. The molecule has 78 valence electrons. The summed E-state index contributed by atoms with van der Waals surface area (Å²) in [6.07, 6.45) is -1.15. The molecule has 5 nitrogen and oxygen atoms in total. The molecule has 1 atom stereocenters. The van der Waals surface area contributed by atoms with Crippen molar-refractivity contribution in [1.82, 2.24) is 4.90 Å². The molecule has 2 rings (SSSR count). The molecule has 15 heavy (non-hydrogen) atoms. The first kappa shape index (κ1) is 9.67. The van der Waals surface area contributed by atoms with E-state index in [1.54, 1.807) is 24.3 Å². The van der Waals surface area contributed by atoms with Crippen LogP contribution in [0.1, 0.15) is 22.1 Å². The fourth-order valence-electron chi connectivity index (χ4n) is 1.65. The molecular weight excluding hydrogens is 198 g/mol. The maximum atomic E-state index is 11.6. The lowest BCUT2D eigenvalue weighted by Crippen LogP contribution is -2.33. The van der Waals surface area contributed by atoms with Crippen LogP contribution in [0.4, 0.5) is 0 Å². The van der Waals surface area contributed by atoms with E-state index in [0.717, 1.165) is 4.90 Å². The van der Waals surface area contributed by atoms with Crippen LogP contribution < -0.4 is 0 Å². The maximum absolute atomic E-state index is 11.6. The average molecular weight is 207 g/mol. The maximum Gasteiger partial charge on any atom is 0.323 e. The van der Waals surface area contributed by atoms with Gasteiger partial charge in [-0.25, -0.2) is 0 Å². The van der Waals surface area contributed by atoms with E-state index in [1.807, 2.05) is 0 Å². The summed E-state index contributed by atoms with van der Waals surface area (Å²) in [4.78, 5) is 23.1. The summed E-state index contributed by atoms with van der Waals surface area (Å²) in [5, 5.41) is 18.3. The van der Waals surface area contributed by atoms with Crippen molar-refractivity contribution in [3.63, 3.8) is 0 Å². The number of benzene rings is 1. The van der Waals surface area contributed by atoms with E-state index in [-0.39, 0.29) is 0 Å². The van der Waals surface area contributed by atoms with E-state index in [2.05, 4.69) is 0 Å². The van der Waals surface area contributed by atoms with E-state index >= 15 is 0 Å². The number of hydrogen-bond donors (Lipinski definition) is 2. The highest BCUT2D eigenvalue weighted by Crippen LogP contribution is 2.30. The molecule has 0 saturated carbocycles. The van der Waals surface area contributed by atoms with Crippen LogP contribution in [-0.4, -0.2) is 33.5 Å². The molecule has 1 aromatic rings. The normalized spacial score (nSPS) is 19.1.